The van der Waals surface area contributed by atoms with Gasteiger partial charge < -0.3 is 15.7 Å². The minimum absolute atomic E-state index is 0.0422. The lowest BCUT2D eigenvalue weighted by Crippen LogP contribution is -2.35. The summed E-state index contributed by atoms with van der Waals surface area (Å²) in [5.41, 5.74) is 0.347. The molecule has 0 unspecified atom stereocenters. The van der Waals surface area contributed by atoms with Crippen LogP contribution in [0.15, 0.2) is 24.3 Å². The lowest BCUT2D eigenvalue weighted by atomic mass is 10.2. The standard InChI is InChI=1S/C11H15N3O5S/c1-12-20(18,19)6-5-13-11(17)14-9-4-2-3-8(7-9)10(15)16/h2-4,7,12H,5-6H2,1H3,(H,15,16)(H2,13,14,17). The van der Waals surface area contributed by atoms with Crippen LogP contribution in [0.4, 0.5) is 10.5 Å². The first-order chi connectivity index (χ1) is 9.34. The monoisotopic (exact) mass is 301 g/mol. The van der Waals surface area contributed by atoms with Crippen molar-refractivity contribution in [3.8, 4) is 0 Å². The molecule has 0 heterocycles. The fourth-order valence-corrected chi connectivity index (χ4v) is 1.88. The topological polar surface area (TPSA) is 125 Å². The first kappa shape index (κ1) is 15.9. The van der Waals surface area contributed by atoms with Crippen LogP contribution in [0.1, 0.15) is 10.4 Å². The molecule has 0 fully saturated rings. The molecule has 1 aromatic carbocycles. The van der Waals surface area contributed by atoms with E-state index in [-0.39, 0.29) is 17.9 Å². The predicted octanol–water partition coefficient (Wildman–Crippen LogP) is 0.0555. The summed E-state index contributed by atoms with van der Waals surface area (Å²) in [5, 5.41) is 13.6. The molecular weight excluding hydrogens is 286 g/mol. The van der Waals surface area contributed by atoms with Crippen LogP contribution >= 0.6 is 0 Å². The molecule has 0 aromatic heterocycles. The lowest BCUT2D eigenvalue weighted by molar-refractivity contribution is 0.0697. The third-order valence-electron chi connectivity index (χ3n) is 2.33. The quantitative estimate of drug-likeness (QED) is 0.591. The summed E-state index contributed by atoms with van der Waals surface area (Å²) in [7, 11) is -2.09. The maximum atomic E-state index is 11.5. The molecule has 1 rings (SSSR count). The van der Waals surface area contributed by atoms with Gasteiger partial charge in [0.2, 0.25) is 10.0 Å². The molecule has 0 bridgehead atoms. The van der Waals surface area contributed by atoms with Crippen LogP contribution in [-0.2, 0) is 10.0 Å². The second-order valence-electron chi connectivity index (χ2n) is 3.79. The van der Waals surface area contributed by atoms with E-state index in [2.05, 4.69) is 15.4 Å². The molecule has 0 aliphatic carbocycles. The van der Waals surface area contributed by atoms with E-state index in [9.17, 15) is 18.0 Å². The van der Waals surface area contributed by atoms with Crippen molar-refractivity contribution in [2.45, 2.75) is 0 Å². The second-order valence-corrected chi connectivity index (χ2v) is 5.84. The zero-order valence-electron chi connectivity index (χ0n) is 10.7. The largest absolute Gasteiger partial charge is 0.478 e. The Hall–Kier alpha value is -2.13. The third kappa shape index (κ3) is 5.24. The number of anilines is 1. The molecule has 0 saturated carbocycles. The van der Waals surface area contributed by atoms with Crippen LogP contribution in [0, 0.1) is 0 Å². The molecule has 2 amide bonds. The predicted molar refractivity (Wildman–Crippen MR) is 73.3 cm³/mol. The van der Waals surface area contributed by atoms with Gasteiger partial charge in [-0.3, -0.25) is 0 Å². The lowest BCUT2D eigenvalue weighted by Gasteiger charge is -2.08. The summed E-state index contributed by atoms with van der Waals surface area (Å²) in [5.74, 6) is -1.35. The van der Waals surface area contributed by atoms with E-state index in [1.54, 1.807) is 0 Å². The SMILES string of the molecule is CNS(=O)(=O)CCNC(=O)Nc1cccc(C(=O)O)c1. The summed E-state index contributed by atoms with van der Waals surface area (Å²) in [6, 6.07) is 5.09. The number of rotatable bonds is 6. The number of carbonyl (C=O) groups excluding carboxylic acids is 1. The highest BCUT2D eigenvalue weighted by Crippen LogP contribution is 2.10. The van der Waals surface area contributed by atoms with Gasteiger partial charge >= 0.3 is 12.0 Å². The molecular formula is C11H15N3O5S. The maximum Gasteiger partial charge on any atom is 0.335 e. The zero-order valence-corrected chi connectivity index (χ0v) is 11.5. The van der Waals surface area contributed by atoms with Crippen LogP contribution in [-0.4, -0.2) is 44.9 Å². The maximum absolute atomic E-state index is 11.5. The number of carbonyl (C=O) groups is 2. The van der Waals surface area contributed by atoms with Crippen LogP contribution < -0.4 is 15.4 Å². The van der Waals surface area contributed by atoms with Crippen molar-refractivity contribution in [1.29, 1.82) is 0 Å². The van der Waals surface area contributed by atoms with Crippen molar-refractivity contribution < 1.29 is 23.1 Å². The Balaban J connectivity index is 2.51. The molecule has 20 heavy (non-hydrogen) atoms. The van der Waals surface area contributed by atoms with Crippen molar-refractivity contribution in [1.82, 2.24) is 10.0 Å². The third-order valence-corrected chi connectivity index (χ3v) is 3.70. The van der Waals surface area contributed by atoms with Gasteiger partial charge in [0, 0.05) is 12.2 Å². The highest BCUT2D eigenvalue weighted by Gasteiger charge is 2.09. The summed E-state index contributed by atoms with van der Waals surface area (Å²) >= 11 is 0. The molecule has 9 heteroatoms. The summed E-state index contributed by atoms with van der Waals surface area (Å²) in [6.45, 7) is -0.0619. The van der Waals surface area contributed by atoms with Gasteiger partial charge in [-0.1, -0.05) is 6.07 Å². The van der Waals surface area contributed by atoms with Gasteiger partial charge in [-0.15, -0.1) is 0 Å². The highest BCUT2D eigenvalue weighted by molar-refractivity contribution is 7.89. The Morgan fingerprint density at radius 3 is 2.60 bits per heavy atom. The minimum Gasteiger partial charge on any atom is -0.478 e. The molecule has 0 spiro atoms. The Bertz CT molecular complexity index is 600. The number of hydrogen-bond acceptors (Lipinski definition) is 4. The van der Waals surface area contributed by atoms with Crippen molar-refractivity contribution >= 4 is 27.7 Å². The average Bonchev–Trinajstić information content (AvgIpc) is 2.38. The molecule has 0 saturated heterocycles. The van der Waals surface area contributed by atoms with Crippen molar-refractivity contribution in [3.05, 3.63) is 29.8 Å². The summed E-state index contributed by atoms with van der Waals surface area (Å²) < 4.78 is 24.3. The Labute approximate surface area is 116 Å². The van der Waals surface area contributed by atoms with Gasteiger partial charge in [-0.25, -0.2) is 22.7 Å². The highest BCUT2D eigenvalue weighted by atomic mass is 32.2. The molecule has 0 aliphatic rings. The molecule has 1 aromatic rings. The smallest absolute Gasteiger partial charge is 0.335 e. The van der Waals surface area contributed by atoms with Crippen molar-refractivity contribution in [2.75, 3.05) is 24.7 Å². The average molecular weight is 301 g/mol. The fraction of sp³-hybridized carbons (Fsp3) is 0.273. The number of carboxylic acid groups (broad SMARTS) is 1. The van der Waals surface area contributed by atoms with Gasteiger partial charge in [-0.2, -0.15) is 0 Å². The summed E-state index contributed by atoms with van der Waals surface area (Å²) in [4.78, 5) is 22.2. The normalized spacial score (nSPS) is 10.8. The summed E-state index contributed by atoms with van der Waals surface area (Å²) in [6.07, 6.45) is 0. The first-order valence-corrected chi connectivity index (χ1v) is 7.29. The van der Waals surface area contributed by atoms with Crippen LogP contribution in [0.3, 0.4) is 0 Å². The molecule has 4 N–H and O–H groups in total. The van der Waals surface area contributed by atoms with E-state index in [1.165, 1.54) is 31.3 Å². The minimum atomic E-state index is -3.38. The zero-order chi connectivity index (χ0) is 15.2. The van der Waals surface area contributed by atoms with Crippen molar-refractivity contribution in [3.63, 3.8) is 0 Å². The van der Waals surface area contributed by atoms with Crippen molar-refractivity contribution in [2.24, 2.45) is 0 Å². The number of nitrogens with one attached hydrogen (secondary N) is 3. The number of hydrogen-bond donors (Lipinski definition) is 4. The van der Waals surface area contributed by atoms with E-state index < -0.39 is 22.0 Å². The van der Waals surface area contributed by atoms with Gasteiger partial charge in [0.1, 0.15) is 0 Å². The first-order valence-electron chi connectivity index (χ1n) is 5.63. The number of amides is 2. The van der Waals surface area contributed by atoms with Gasteiger partial charge in [0.05, 0.1) is 11.3 Å². The number of carboxylic acids is 1. The Kier molecular flexibility index (Phi) is 5.47. The van der Waals surface area contributed by atoms with E-state index in [4.69, 9.17) is 5.11 Å². The van der Waals surface area contributed by atoms with E-state index >= 15 is 0 Å². The number of benzene rings is 1. The number of sulfonamides is 1. The van der Waals surface area contributed by atoms with Crippen LogP contribution in [0.2, 0.25) is 0 Å². The molecule has 0 atom stereocenters. The van der Waals surface area contributed by atoms with Crippen LogP contribution in [0.25, 0.3) is 0 Å². The number of aromatic carboxylic acids is 1. The number of urea groups is 1. The second kappa shape index (κ2) is 6.87. The molecule has 0 aliphatic heterocycles. The van der Waals surface area contributed by atoms with Crippen LogP contribution in [0.5, 0.6) is 0 Å². The van der Waals surface area contributed by atoms with E-state index in [0.717, 1.165) is 0 Å². The van der Waals surface area contributed by atoms with Gasteiger partial charge in [0.25, 0.3) is 0 Å². The molecule has 0 radical (unpaired) electrons. The molecule has 8 nitrogen and oxygen atoms in total. The van der Waals surface area contributed by atoms with E-state index in [0.29, 0.717) is 5.69 Å². The van der Waals surface area contributed by atoms with Gasteiger partial charge in [-0.05, 0) is 25.2 Å². The Morgan fingerprint density at radius 2 is 2.00 bits per heavy atom. The molecule has 110 valence electrons. The van der Waals surface area contributed by atoms with E-state index in [1.807, 2.05) is 0 Å². The fourth-order valence-electron chi connectivity index (χ4n) is 1.31. The van der Waals surface area contributed by atoms with Gasteiger partial charge in [0.15, 0.2) is 0 Å². The Morgan fingerprint density at radius 1 is 1.30 bits per heavy atom.